The van der Waals surface area contributed by atoms with Crippen LogP contribution in [0.2, 0.25) is 0 Å². The molecule has 0 amide bonds. The second-order valence-corrected chi connectivity index (χ2v) is 5.25. The summed E-state index contributed by atoms with van der Waals surface area (Å²) in [6.07, 6.45) is 2.69. The number of esters is 2. The minimum Gasteiger partial charge on any atom is -0.469 e. The molecular weight excluding hydrogens is 286 g/mol. The van der Waals surface area contributed by atoms with Gasteiger partial charge in [0.05, 0.1) is 26.7 Å². The van der Waals surface area contributed by atoms with Gasteiger partial charge in [-0.15, -0.1) is 0 Å². The summed E-state index contributed by atoms with van der Waals surface area (Å²) in [7, 11) is 2.79. The molecule has 0 rings (SSSR count). The lowest BCUT2D eigenvalue weighted by atomic mass is 10.1. The van der Waals surface area contributed by atoms with Crippen molar-refractivity contribution in [1.82, 2.24) is 5.32 Å². The van der Waals surface area contributed by atoms with Gasteiger partial charge in [0, 0.05) is 26.1 Å². The van der Waals surface area contributed by atoms with Gasteiger partial charge in [-0.1, -0.05) is 14.4 Å². The van der Waals surface area contributed by atoms with Crippen LogP contribution in [0.3, 0.4) is 0 Å². The van der Waals surface area contributed by atoms with E-state index >= 15 is 0 Å². The first-order valence-electron chi connectivity index (χ1n) is 7.45. The Kier molecular flexibility index (Phi) is 15.5. The Bertz CT molecular complexity index is 296. The predicted octanol–water partition coefficient (Wildman–Crippen LogP) is 2.16. The Labute approximate surface area is 134 Å². The van der Waals surface area contributed by atoms with Gasteiger partial charge < -0.3 is 19.5 Å². The first-order chi connectivity index (χ1) is 9.99. The molecule has 0 fully saturated rings. The van der Waals surface area contributed by atoms with Crippen LogP contribution < -0.4 is 5.32 Å². The van der Waals surface area contributed by atoms with E-state index in [2.05, 4.69) is 21.7 Å². The van der Waals surface area contributed by atoms with Crippen molar-refractivity contribution in [3.05, 3.63) is 0 Å². The van der Waals surface area contributed by atoms with Crippen LogP contribution in [0, 0.1) is 5.92 Å². The molecule has 0 spiro atoms. The molecular formula is C16H33NO5. The summed E-state index contributed by atoms with van der Waals surface area (Å²) in [5.74, 6) is 0.0359. The topological polar surface area (TPSA) is 73.9 Å². The van der Waals surface area contributed by atoms with Crippen LogP contribution in [0.4, 0.5) is 0 Å². The van der Waals surface area contributed by atoms with Gasteiger partial charge in [-0.05, 0) is 25.7 Å². The van der Waals surface area contributed by atoms with Gasteiger partial charge in [0.25, 0.3) is 0 Å². The van der Waals surface area contributed by atoms with Crippen molar-refractivity contribution < 1.29 is 23.8 Å². The molecule has 6 heteroatoms. The lowest BCUT2D eigenvalue weighted by molar-refractivity contribution is -0.141. The third-order valence-electron chi connectivity index (χ3n) is 3.14. The molecule has 0 bridgehead atoms. The van der Waals surface area contributed by atoms with Crippen molar-refractivity contribution >= 4 is 11.9 Å². The minimum atomic E-state index is -0.213. The molecule has 6 nitrogen and oxygen atoms in total. The largest absolute Gasteiger partial charge is 0.469 e. The quantitative estimate of drug-likeness (QED) is 0.439. The summed E-state index contributed by atoms with van der Waals surface area (Å²) >= 11 is 0. The van der Waals surface area contributed by atoms with Crippen LogP contribution in [0.15, 0.2) is 0 Å². The van der Waals surface area contributed by atoms with Gasteiger partial charge in [-0.25, -0.2) is 0 Å². The Morgan fingerprint density at radius 2 is 1.64 bits per heavy atom. The van der Waals surface area contributed by atoms with Gasteiger partial charge in [0.2, 0.25) is 0 Å². The fourth-order valence-corrected chi connectivity index (χ4v) is 1.77. The second-order valence-electron chi connectivity index (χ2n) is 5.25. The molecule has 22 heavy (non-hydrogen) atoms. The molecule has 0 saturated heterocycles. The second kappa shape index (κ2) is 14.8. The highest BCUT2D eigenvalue weighted by Crippen LogP contribution is 2.09. The summed E-state index contributed by atoms with van der Waals surface area (Å²) in [5.41, 5.74) is 0. The van der Waals surface area contributed by atoms with E-state index in [1.807, 2.05) is 6.92 Å². The molecule has 2 unspecified atom stereocenters. The molecule has 2 atom stereocenters. The number of nitrogens with one attached hydrogen (secondary N) is 1. The SMILES string of the molecule is C.COC(=O)CCCC(C)COC(C)CNCCC(=O)OC. The number of carbonyl (C=O) groups excluding carboxylic acids is 2. The average Bonchev–Trinajstić information content (AvgIpc) is 2.48. The maximum Gasteiger partial charge on any atom is 0.306 e. The van der Waals surface area contributed by atoms with E-state index in [9.17, 15) is 9.59 Å². The fourth-order valence-electron chi connectivity index (χ4n) is 1.77. The van der Waals surface area contributed by atoms with E-state index in [1.54, 1.807) is 0 Å². The van der Waals surface area contributed by atoms with Crippen LogP contribution in [0.25, 0.3) is 0 Å². The third kappa shape index (κ3) is 13.8. The summed E-state index contributed by atoms with van der Waals surface area (Å²) < 4.78 is 14.9. The molecule has 0 aromatic carbocycles. The number of hydrogen-bond acceptors (Lipinski definition) is 6. The Morgan fingerprint density at radius 1 is 1.05 bits per heavy atom. The maximum absolute atomic E-state index is 11.0. The zero-order valence-electron chi connectivity index (χ0n) is 13.6. The lowest BCUT2D eigenvalue weighted by Crippen LogP contribution is -2.29. The molecule has 1 N–H and O–H groups in total. The Morgan fingerprint density at radius 3 is 2.23 bits per heavy atom. The zero-order valence-corrected chi connectivity index (χ0v) is 13.6. The lowest BCUT2D eigenvalue weighted by Gasteiger charge is -2.17. The average molecular weight is 319 g/mol. The highest BCUT2D eigenvalue weighted by Gasteiger charge is 2.08. The van der Waals surface area contributed by atoms with E-state index in [1.165, 1.54) is 14.2 Å². The first-order valence-corrected chi connectivity index (χ1v) is 7.45. The molecule has 0 aromatic rings. The standard InChI is InChI=1S/C15H29NO5.CH4/c1-12(6-5-7-14(17)19-3)11-21-13(2)10-16-9-8-15(18)20-4;/h12-13,16H,5-11H2,1-4H3;1H4. The summed E-state index contributed by atoms with van der Waals surface area (Å²) in [5, 5.41) is 3.15. The predicted molar refractivity (Wildman–Crippen MR) is 86.7 cm³/mol. The number of methoxy groups -OCH3 is 2. The Balaban J connectivity index is 0. The summed E-state index contributed by atoms with van der Waals surface area (Å²) in [4.78, 5) is 21.9. The van der Waals surface area contributed by atoms with Gasteiger partial charge in [0.15, 0.2) is 0 Å². The summed E-state index contributed by atoms with van der Waals surface area (Å²) in [6.45, 7) is 6.06. The van der Waals surface area contributed by atoms with Crippen LogP contribution in [-0.4, -0.2) is 52.0 Å². The molecule has 0 saturated carbocycles. The van der Waals surface area contributed by atoms with Crippen molar-refractivity contribution in [3.63, 3.8) is 0 Å². The van der Waals surface area contributed by atoms with E-state index in [4.69, 9.17) is 4.74 Å². The monoisotopic (exact) mass is 319 g/mol. The molecule has 0 aliphatic heterocycles. The van der Waals surface area contributed by atoms with Crippen molar-refractivity contribution in [1.29, 1.82) is 0 Å². The van der Waals surface area contributed by atoms with Crippen LogP contribution >= 0.6 is 0 Å². The minimum absolute atomic E-state index is 0. The van der Waals surface area contributed by atoms with Gasteiger partial charge in [0.1, 0.15) is 0 Å². The van der Waals surface area contributed by atoms with Crippen molar-refractivity contribution in [2.45, 2.75) is 53.1 Å². The molecule has 0 aliphatic carbocycles. The highest BCUT2D eigenvalue weighted by atomic mass is 16.5. The molecule has 0 aliphatic rings. The zero-order chi connectivity index (χ0) is 16.1. The summed E-state index contributed by atoms with van der Waals surface area (Å²) in [6, 6.07) is 0. The van der Waals surface area contributed by atoms with E-state index in [0.717, 1.165) is 12.8 Å². The first kappa shape index (κ1) is 23.1. The van der Waals surface area contributed by atoms with Crippen molar-refractivity contribution in [3.8, 4) is 0 Å². The van der Waals surface area contributed by atoms with E-state index in [0.29, 0.717) is 38.5 Å². The van der Waals surface area contributed by atoms with E-state index < -0.39 is 0 Å². The van der Waals surface area contributed by atoms with Gasteiger partial charge in [-0.2, -0.15) is 0 Å². The molecule has 0 heterocycles. The van der Waals surface area contributed by atoms with Crippen molar-refractivity contribution in [2.75, 3.05) is 33.9 Å². The Hall–Kier alpha value is -1.14. The van der Waals surface area contributed by atoms with Gasteiger partial charge >= 0.3 is 11.9 Å². The van der Waals surface area contributed by atoms with Crippen LogP contribution in [0.5, 0.6) is 0 Å². The number of carbonyl (C=O) groups is 2. The third-order valence-corrected chi connectivity index (χ3v) is 3.14. The number of hydrogen-bond donors (Lipinski definition) is 1. The highest BCUT2D eigenvalue weighted by molar-refractivity contribution is 5.69. The maximum atomic E-state index is 11.0. The van der Waals surface area contributed by atoms with E-state index in [-0.39, 0.29) is 25.5 Å². The number of ether oxygens (including phenoxy) is 3. The van der Waals surface area contributed by atoms with Gasteiger partial charge in [-0.3, -0.25) is 9.59 Å². The van der Waals surface area contributed by atoms with Crippen molar-refractivity contribution in [2.24, 2.45) is 5.92 Å². The van der Waals surface area contributed by atoms with Crippen LogP contribution in [0.1, 0.15) is 47.0 Å². The van der Waals surface area contributed by atoms with Crippen LogP contribution in [-0.2, 0) is 23.8 Å². The smallest absolute Gasteiger partial charge is 0.306 e. The molecule has 0 aromatic heterocycles. The number of rotatable bonds is 12. The molecule has 132 valence electrons. The fraction of sp³-hybridized carbons (Fsp3) is 0.875. The normalized spacial score (nSPS) is 12.9. The molecule has 0 radical (unpaired) electrons.